The maximum Gasteiger partial charge on any atom is 0.143 e. The van der Waals surface area contributed by atoms with Crippen LogP contribution in [0.4, 0.5) is 8.78 Å². The zero-order chi connectivity index (χ0) is 27.6. The fourth-order valence-corrected chi connectivity index (χ4v) is 4.58. The lowest BCUT2D eigenvalue weighted by Crippen LogP contribution is -2.38. The highest BCUT2D eigenvalue weighted by Gasteiger charge is 2.42. The van der Waals surface area contributed by atoms with E-state index < -0.39 is 23.2 Å². The minimum Gasteiger partial charge on any atom is -0.489 e. The molecule has 8 nitrogen and oxygen atoms in total. The largest absolute Gasteiger partial charge is 0.489 e. The van der Waals surface area contributed by atoms with Gasteiger partial charge in [0.2, 0.25) is 0 Å². The molecule has 0 aliphatic heterocycles. The first-order valence-corrected chi connectivity index (χ1v) is 12.5. The van der Waals surface area contributed by atoms with E-state index in [2.05, 4.69) is 20.7 Å². The second-order valence-electron chi connectivity index (χ2n) is 8.92. The highest BCUT2D eigenvalue weighted by molar-refractivity contribution is 6.42. The summed E-state index contributed by atoms with van der Waals surface area (Å²) in [5, 5.41) is 27.7. The zero-order valence-electron chi connectivity index (χ0n) is 20.4. The summed E-state index contributed by atoms with van der Waals surface area (Å²) in [5.41, 5.74) is -0.0576. The summed E-state index contributed by atoms with van der Waals surface area (Å²) in [6.07, 6.45) is 1.29. The van der Waals surface area contributed by atoms with Crippen molar-refractivity contribution in [2.24, 2.45) is 0 Å². The number of ether oxygens (including phenoxy) is 1. The van der Waals surface area contributed by atoms with Crippen LogP contribution in [0.25, 0.3) is 11.3 Å². The molecule has 5 aromatic rings. The molecule has 2 atom stereocenters. The third kappa shape index (κ3) is 5.63. The number of hydrogen-bond acceptors (Lipinski definition) is 7. The molecule has 0 fully saturated rings. The van der Waals surface area contributed by atoms with Crippen molar-refractivity contribution in [3.63, 3.8) is 0 Å². The minimum atomic E-state index is -1.90. The summed E-state index contributed by atoms with van der Waals surface area (Å²) in [6, 6.07) is 17.1. The Hall–Kier alpha value is -3.86. The summed E-state index contributed by atoms with van der Waals surface area (Å²) in [5.74, 6) is -1.62. The molecule has 3 aromatic carbocycles. The molecule has 0 unspecified atom stereocenters. The van der Waals surface area contributed by atoms with E-state index in [0.717, 1.165) is 17.2 Å². The van der Waals surface area contributed by atoms with Crippen molar-refractivity contribution in [3.8, 4) is 17.0 Å². The monoisotopic (exact) mass is 571 g/mol. The van der Waals surface area contributed by atoms with Crippen molar-refractivity contribution in [1.29, 1.82) is 0 Å². The molecular formula is C27H21Cl2F2N5O3. The van der Waals surface area contributed by atoms with Crippen molar-refractivity contribution in [3.05, 3.63) is 112 Å². The van der Waals surface area contributed by atoms with Crippen LogP contribution >= 0.6 is 23.2 Å². The maximum atomic E-state index is 14.8. The van der Waals surface area contributed by atoms with Gasteiger partial charge in [0.25, 0.3) is 0 Å². The molecule has 0 spiro atoms. The molecule has 0 aliphatic rings. The minimum absolute atomic E-state index is 0.133. The predicted molar refractivity (Wildman–Crippen MR) is 139 cm³/mol. The fraction of sp³-hybridized carbons (Fsp3) is 0.185. The first kappa shape index (κ1) is 26.7. The van der Waals surface area contributed by atoms with Crippen molar-refractivity contribution in [2.75, 3.05) is 0 Å². The van der Waals surface area contributed by atoms with Crippen molar-refractivity contribution >= 4 is 23.2 Å². The standard InChI is InChI=1S/C27H21Cl2F2N5O3/c1-16(27(37,14-36-15-32-34-35-36)21-10-7-19(30)11-23(21)31)25-12-24(33-39-25)17-5-8-20(9-6-17)38-13-18-3-2-4-22(28)26(18)29/h2-12,15-16,37H,13-14H2,1H3/t16-,27+/m0/s1. The molecule has 12 heteroatoms. The SMILES string of the molecule is C[C@@H](c1cc(-c2ccc(OCc3cccc(Cl)c3Cl)cc2)no1)[C@](O)(Cn1cnnn1)c1ccc(F)cc1F. The molecule has 39 heavy (non-hydrogen) atoms. The molecule has 200 valence electrons. The van der Waals surface area contributed by atoms with Gasteiger partial charge in [-0.1, -0.05) is 53.5 Å². The first-order valence-electron chi connectivity index (χ1n) is 11.8. The van der Waals surface area contributed by atoms with Gasteiger partial charge < -0.3 is 14.4 Å². The van der Waals surface area contributed by atoms with Gasteiger partial charge in [-0.2, -0.15) is 0 Å². The van der Waals surface area contributed by atoms with Crippen LogP contribution in [-0.4, -0.2) is 30.5 Å². The van der Waals surface area contributed by atoms with Crippen molar-refractivity contribution in [1.82, 2.24) is 25.4 Å². The average Bonchev–Trinajstić information content (AvgIpc) is 3.62. The molecule has 0 radical (unpaired) electrons. The van der Waals surface area contributed by atoms with Crippen LogP contribution in [-0.2, 0) is 18.8 Å². The summed E-state index contributed by atoms with van der Waals surface area (Å²) >= 11 is 12.3. The van der Waals surface area contributed by atoms with E-state index in [1.54, 1.807) is 49.4 Å². The van der Waals surface area contributed by atoms with Gasteiger partial charge in [-0.25, -0.2) is 13.5 Å². The van der Waals surface area contributed by atoms with Crippen LogP contribution < -0.4 is 4.74 Å². The summed E-state index contributed by atoms with van der Waals surface area (Å²) in [6.45, 7) is 1.67. The van der Waals surface area contributed by atoms with Crippen molar-refractivity contribution in [2.45, 2.75) is 31.6 Å². The third-order valence-electron chi connectivity index (χ3n) is 6.44. The third-order valence-corrected chi connectivity index (χ3v) is 7.30. The smallest absolute Gasteiger partial charge is 0.143 e. The van der Waals surface area contributed by atoms with Gasteiger partial charge in [0.15, 0.2) is 0 Å². The van der Waals surface area contributed by atoms with E-state index in [4.69, 9.17) is 32.5 Å². The molecule has 1 N–H and O–H groups in total. The highest BCUT2D eigenvalue weighted by atomic mass is 35.5. The number of nitrogens with zero attached hydrogens (tertiary/aromatic N) is 5. The van der Waals surface area contributed by atoms with Gasteiger partial charge in [0.1, 0.15) is 47.4 Å². The Kier molecular flexibility index (Phi) is 7.60. The van der Waals surface area contributed by atoms with Gasteiger partial charge in [-0.05, 0) is 46.8 Å². The fourth-order valence-electron chi connectivity index (χ4n) is 4.20. The topological polar surface area (TPSA) is 99.1 Å². The molecule has 0 saturated heterocycles. The van der Waals surface area contributed by atoms with Gasteiger partial charge in [-0.15, -0.1) is 5.10 Å². The number of aromatic nitrogens is 5. The molecular weight excluding hydrogens is 551 g/mol. The second-order valence-corrected chi connectivity index (χ2v) is 9.70. The zero-order valence-corrected chi connectivity index (χ0v) is 21.9. The molecule has 0 amide bonds. The molecule has 5 rings (SSSR count). The summed E-state index contributed by atoms with van der Waals surface area (Å²) in [4.78, 5) is 0. The van der Waals surface area contributed by atoms with Crippen molar-refractivity contribution < 1.29 is 23.1 Å². The maximum absolute atomic E-state index is 14.8. The first-order chi connectivity index (χ1) is 18.7. The number of hydrogen-bond donors (Lipinski definition) is 1. The van der Waals surface area contributed by atoms with E-state index in [1.807, 2.05) is 6.07 Å². The van der Waals surface area contributed by atoms with E-state index in [9.17, 15) is 13.9 Å². The Balaban J connectivity index is 1.36. The van der Waals surface area contributed by atoms with E-state index in [1.165, 1.54) is 17.1 Å². The Morgan fingerprint density at radius 2 is 1.87 bits per heavy atom. The van der Waals surface area contributed by atoms with E-state index >= 15 is 0 Å². The molecule has 0 bridgehead atoms. The molecule has 0 saturated carbocycles. The lowest BCUT2D eigenvalue weighted by Gasteiger charge is -2.33. The molecule has 0 aliphatic carbocycles. The number of tetrazole rings is 1. The number of benzene rings is 3. The van der Waals surface area contributed by atoms with Gasteiger partial charge in [0.05, 0.1) is 22.5 Å². The number of halogens is 4. The van der Waals surface area contributed by atoms with Crippen LogP contribution in [0.15, 0.2) is 77.6 Å². The molecule has 2 aromatic heterocycles. The van der Waals surface area contributed by atoms with Crippen LogP contribution in [0.5, 0.6) is 5.75 Å². The van der Waals surface area contributed by atoms with E-state index in [-0.39, 0.29) is 24.5 Å². The Bertz CT molecular complexity index is 1580. The summed E-state index contributed by atoms with van der Waals surface area (Å²) in [7, 11) is 0. The van der Waals surface area contributed by atoms with Gasteiger partial charge >= 0.3 is 0 Å². The lowest BCUT2D eigenvalue weighted by atomic mass is 9.80. The Labute approximate surface area is 231 Å². The van der Waals surface area contributed by atoms with E-state index in [0.29, 0.717) is 27.6 Å². The quantitative estimate of drug-likeness (QED) is 0.225. The van der Waals surface area contributed by atoms with Crippen LogP contribution in [0.2, 0.25) is 10.0 Å². The Morgan fingerprint density at radius 1 is 1.08 bits per heavy atom. The second kappa shape index (κ2) is 11.1. The highest BCUT2D eigenvalue weighted by Crippen LogP contribution is 2.40. The van der Waals surface area contributed by atoms with Crippen LogP contribution in [0.1, 0.15) is 29.7 Å². The van der Waals surface area contributed by atoms with Gasteiger partial charge in [-0.3, -0.25) is 0 Å². The van der Waals surface area contributed by atoms with Crippen LogP contribution in [0.3, 0.4) is 0 Å². The average molecular weight is 572 g/mol. The predicted octanol–water partition coefficient (Wildman–Crippen LogP) is 6.18. The normalized spacial score (nSPS) is 13.7. The number of rotatable bonds is 9. The van der Waals surface area contributed by atoms with Crippen LogP contribution in [0, 0.1) is 11.6 Å². The number of aliphatic hydroxyl groups is 1. The molecule has 2 heterocycles. The Morgan fingerprint density at radius 3 is 2.59 bits per heavy atom. The summed E-state index contributed by atoms with van der Waals surface area (Å²) < 4.78 is 41.1. The van der Waals surface area contributed by atoms with Gasteiger partial charge in [0, 0.05) is 28.8 Å². The lowest BCUT2D eigenvalue weighted by molar-refractivity contribution is -0.0185.